The molecule has 1 amide bonds. The summed E-state index contributed by atoms with van der Waals surface area (Å²) in [6.45, 7) is 7.63. The summed E-state index contributed by atoms with van der Waals surface area (Å²) < 4.78 is 8.19. The van der Waals surface area contributed by atoms with Crippen LogP contribution in [-0.2, 0) is 16.0 Å². The van der Waals surface area contributed by atoms with Crippen molar-refractivity contribution in [2.24, 2.45) is 5.92 Å². The van der Waals surface area contributed by atoms with Gasteiger partial charge in [-0.25, -0.2) is 4.68 Å². The molecule has 4 atom stereocenters. The van der Waals surface area contributed by atoms with E-state index in [9.17, 15) is 4.79 Å². The van der Waals surface area contributed by atoms with Crippen LogP contribution in [-0.4, -0.2) is 76.1 Å². The van der Waals surface area contributed by atoms with Crippen LogP contribution in [0.3, 0.4) is 0 Å². The number of carbonyl (C=O) groups is 1. The van der Waals surface area contributed by atoms with E-state index in [0.29, 0.717) is 12.2 Å². The van der Waals surface area contributed by atoms with E-state index in [-0.39, 0.29) is 30.1 Å². The molecule has 188 valence electrons. The number of rotatable bonds is 9. The summed E-state index contributed by atoms with van der Waals surface area (Å²) in [5.41, 5.74) is 2.04. The minimum absolute atomic E-state index is 0.0244. The molecule has 3 heterocycles. The van der Waals surface area contributed by atoms with Gasteiger partial charge in [-0.15, -0.1) is 5.10 Å². The molecule has 1 aromatic carbocycles. The van der Waals surface area contributed by atoms with Crippen molar-refractivity contribution in [2.45, 2.75) is 70.6 Å². The second-order valence-electron chi connectivity index (χ2n) is 10.1. The van der Waals surface area contributed by atoms with Crippen molar-refractivity contribution in [2.75, 3.05) is 33.2 Å². The van der Waals surface area contributed by atoms with E-state index in [1.807, 2.05) is 28.8 Å². The van der Waals surface area contributed by atoms with Crippen molar-refractivity contribution in [3.05, 3.63) is 47.8 Å². The molecule has 2 saturated heterocycles. The number of amides is 1. The smallest absolute Gasteiger partial charge is 0.228 e. The number of ether oxygens (including phenoxy) is 1. The van der Waals surface area contributed by atoms with Gasteiger partial charge in [0.1, 0.15) is 0 Å². The number of likely N-dealkylation sites (N-methyl/N-ethyl adjacent to an activating group) is 1. The van der Waals surface area contributed by atoms with Gasteiger partial charge in [-0.3, -0.25) is 9.69 Å². The number of benzene rings is 1. The molecule has 0 unspecified atom stereocenters. The van der Waals surface area contributed by atoms with Gasteiger partial charge in [0.25, 0.3) is 0 Å². The van der Waals surface area contributed by atoms with E-state index in [4.69, 9.17) is 4.74 Å². The highest BCUT2D eigenvalue weighted by Crippen LogP contribution is 2.31. The summed E-state index contributed by atoms with van der Waals surface area (Å²) in [7, 11) is 2.09. The third-order valence-corrected chi connectivity index (χ3v) is 7.26. The van der Waals surface area contributed by atoms with Crippen molar-refractivity contribution in [3.8, 4) is 11.8 Å². The molecule has 0 saturated carbocycles. The van der Waals surface area contributed by atoms with E-state index in [1.165, 1.54) is 5.56 Å². The fourth-order valence-corrected chi connectivity index (χ4v) is 5.01. The summed E-state index contributed by atoms with van der Waals surface area (Å²) in [4.78, 5) is 16.9. The van der Waals surface area contributed by atoms with Crippen LogP contribution in [0, 0.1) is 17.8 Å². The molecular formula is C28H39N5O2. The quantitative estimate of drug-likeness (QED) is 0.517. The van der Waals surface area contributed by atoms with Crippen molar-refractivity contribution < 1.29 is 9.53 Å². The van der Waals surface area contributed by atoms with Crippen molar-refractivity contribution in [1.82, 2.24) is 24.8 Å². The van der Waals surface area contributed by atoms with E-state index in [0.717, 1.165) is 58.2 Å². The van der Waals surface area contributed by atoms with Crippen LogP contribution < -0.4 is 0 Å². The van der Waals surface area contributed by atoms with E-state index >= 15 is 0 Å². The summed E-state index contributed by atoms with van der Waals surface area (Å²) >= 11 is 0. The summed E-state index contributed by atoms with van der Waals surface area (Å²) in [5, 5.41) is 8.54. The van der Waals surface area contributed by atoms with Gasteiger partial charge in [-0.1, -0.05) is 48.4 Å². The van der Waals surface area contributed by atoms with Crippen molar-refractivity contribution in [3.63, 3.8) is 0 Å². The molecule has 0 N–H and O–H groups in total. The zero-order valence-electron chi connectivity index (χ0n) is 21.4. The van der Waals surface area contributed by atoms with Gasteiger partial charge in [0.05, 0.1) is 36.9 Å². The van der Waals surface area contributed by atoms with Gasteiger partial charge >= 0.3 is 0 Å². The molecule has 1 aromatic heterocycles. The van der Waals surface area contributed by atoms with E-state index in [2.05, 4.69) is 65.3 Å². The highest BCUT2D eigenvalue weighted by atomic mass is 16.5. The molecular weight excluding hydrogens is 438 g/mol. The van der Waals surface area contributed by atoms with Gasteiger partial charge in [-0.2, -0.15) is 0 Å². The zero-order chi connectivity index (χ0) is 24.6. The Morgan fingerprint density at radius 3 is 2.74 bits per heavy atom. The Kier molecular flexibility index (Phi) is 8.95. The van der Waals surface area contributed by atoms with Gasteiger partial charge in [0, 0.05) is 19.6 Å². The molecule has 2 fully saturated rings. The molecule has 0 bridgehead atoms. The molecule has 2 aromatic rings. The van der Waals surface area contributed by atoms with Crippen LogP contribution >= 0.6 is 0 Å². The number of likely N-dealkylation sites (tertiary alicyclic amines) is 1. The van der Waals surface area contributed by atoms with Crippen LogP contribution in [0.4, 0.5) is 0 Å². The first kappa shape index (κ1) is 25.4. The molecule has 0 aliphatic carbocycles. The lowest BCUT2D eigenvalue weighted by molar-refractivity contribution is -0.138. The Hall–Kier alpha value is -2.69. The second-order valence-corrected chi connectivity index (χ2v) is 10.1. The minimum atomic E-state index is -0.0625. The number of nitrogens with zero attached hydrogens (tertiary/aromatic N) is 5. The van der Waals surface area contributed by atoms with Crippen LogP contribution in [0.2, 0.25) is 0 Å². The van der Waals surface area contributed by atoms with Gasteiger partial charge < -0.3 is 9.64 Å². The minimum Gasteiger partial charge on any atom is -0.374 e. The molecule has 2 aliphatic rings. The molecule has 0 spiro atoms. The maximum Gasteiger partial charge on any atom is 0.228 e. The zero-order valence-corrected chi connectivity index (χ0v) is 21.4. The number of carbonyl (C=O) groups excluding carboxylic acids is 1. The molecule has 4 rings (SSSR count). The second kappa shape index (κ2) is 12.3. The normalized spacial score (nSPS) is 21.7. The summed E-state index contributed by atoms with van der Waals surface area (Å²) in [6, 6.07) is 10.7. The Morgan fingerprint density at radius 2 is 1.97 bits per heavy atom. The molecule has 35 heavy (non-hydrogen) atoms. The first-order valence-electron chi connectivity index (χ1n) is 13.1. The largest absolute Gasteiger partial charge is 0.374 e. The van der Waals surface area contributed by atoms with Gasteiger partial charge in [0.2, 0.25) is 5.91 Å². The third-order valence-electron chi connectivity index (χ3n) is 7.26. The van der Waals surface area contributed by atoms with Crippen LogP contribution in [0.15, 0.2) is 36.5 Å². The first-order chi connectivity index (χ1) is 17.0. The predicted octanol–water partition coefficient (Wildman–Crippen LogP) is 3.56. The van der Waals surface area contributed by atoms with Crippen LogP contribution in [0.5, 0.6) is 0 Å². The molecule has 7 heteroatoms. The standard InChI is InChI=1S/C28H39N5O2/c1-22(20-26-13-14-27(35-26)23(2)28(34)32-17-7-8-18-32)33-21-25(29-30-33)12-9-16-31(3)19-15-24-10-5-4-6-11-24/h4-6,10-11,21-23,26-27H,7-8,13-20H2,1-3H3/t22-,23-,26+,27-/m1/s1. The Morgan fingerprint density at radius 1 is 1.20 bits per heavy atom. The van der Waals surface area contributed by atoms with Crippen molar-refractivity contribution >= 4 is 5.91 Å². The fraction of sp³-hybridized carbons (Fsp3) is 0.607. The first-order valence-corrected chi connectivity index (χ1v) is 13.1. The fourth-order valence-electron chi connectivity index (χ4n) is 5.01. The summed E-state index contributed by atoms with van der Waals surface area (Å²) in [5.74, 6) is 6.55. The Balaban J connectivity index is 1.20. The van der Waals surface area contributed by atoms with E-state index < -0.39 is 0 Å². The monoisotopic (exact) mass is 477 g/mol. The van der Waals surface area contributed by atoms with Crippen molar-refractivity contribution in [1.29, 1.82) is 0 Å². The summed E-state index contributed by atoms with van der Waals surface area (Å²) in [6.07, 6.45) is 8.17. The lowest BCUT2D eigenvalue weighted by atomic mass is 9.99. The molecule has 7 nitrogen and oxygen atoms in total. The highest BCUT2D eigenvalue weighted by Gasteiger charge is 2.36. The predicted molar refractivity (Wildman–Crippen MR) is 137 cm³/mol. The highest BCUT2D eigenvalue weighted by molar-refractivity contribution is 5.79. The third kappa shape index (κ3) is 7.16. The maximum atomic E-state index is 12.7. The number of hydrogen-bond donors (Lipinski definition) is 0. The number of aromatic nitrogens is 3. The average molecular weight is 478 g/mol. The topological polar surface area (TPSA) is 63.5 Å². The molecule has 0 radical (unpaired) electrons. The van der Waals surface area contributed by atoms with Gasteiger partial charge in [0.15, 0.2) is 5.69 Å². The van der Waals surface area contributed by atoms with Gasteiger partial charge in [-0.05, 0) is 64.0 Å². The SMILES string of the molecule is C[C@H](C[C@@H]1CC[C@H]([C@@H](C)C(=O)N2CCCC2)O1)n1cc(C#CCN(C)CCc2ccccc2)nn1. The molecule has 2 aliphatic heterocycles. The average Bonchev–Trinajstić information content (AvgIpc) is 3.65. The van der Waals surface area contributed by atoms with Crippen LogP contribution in [0.1, 0.15) is 63.3 Å². The van der Waals surface area contributed by atoms with E-state index in [1.54, 1.807) is 0 Å². The van der Waals surface area contributed by atoms with Crippen LogP contribution in [0.25, 0.3) is 0 Å². The Bertz CT molecular complexity index is 1010. The number of hydrogen-bond acceptors (Lipinski definition) is 5. The Labute approximate surface area is 209 Å². The lowest BCUT2D eigenvalue weighted by Gasteiger charge is -2.25. The maximum absolute atomic E-state index is 12.7. The lowest BCUT2D eigenvalue weighted by Crippen LogP contribution is -2.38.